The molecule has 98 valence electrons. The van der Waals surface area contributed by atoms with E-state index < -0.39 is 0 Å². The van der Waals surface area contributed by atoms with Gasteiger partial charge in [-0.15, -0.1) is 0 Å². The van der Waals surface area contributed by atoms with Crippen LogP contribution in [0.2, 0.25) is 0 Å². The molecule has 1 aromatic rings. The van der Waals surface area contributed by atoms with Gasteiger partial charge < -0.3 is 10.5 Å². The van der Waals surface area contributed by atoms with Crippen molar-refractivity contribution in [1.82, 2.24) is 4.90 Å². The highest BCUT2D eigenvalue weighted by Crippen LogP contribution is 2.43. The number of halogens is 1. The monoisotopic (exact) mass is 310 g/mol. The number of hydrogen-bond donors (Lipinski definition) is 1. The predicted octanol–water partition coefficient (Wildman–Crippen LogP) is 2.69. The molecule has 4 heteroatoms. The molecule has 2 fully saturated rings. The van der Waals surface area contributed by atoms with Crippen molar-refractivity contribution < 1.29 is 4.74 Å². The molecular weight excluding hydrogens is 292 g/mol. The fraction of sp³-hybridized carbons (Fsp3) is 0.571. The molecule has 2 atom stereocenters. The van der Waals surface area contributed by atoms with Crippen LogP contribution >= 0.6 is 15.9 Å². The van der Waals surface area contributed by atoms with Gasteiger partial charge in [0.2, 0.25) is 0 Å². The van der Waals surface area contributed by atoms with E-state index in [0.29, 0.717) is 6.04 Å². The number of benzene rings is 1. The lowest BCUT2D eigenvalue weighted by Crippen LogP contribution is -2.33. The summed E-state index contributed by atoms with van der Waals surface area (Å²) < 4.78 is 6.60. The first-order chi connectivity index (χ1) is 8.70. The highest BCUT2D eigenvalue weighted by Gasteiger charge is 2.42. The van der Waals surface area contributed by atoms with E-state index in [9.17, 15) is 0 Å². The van der Waals surface area contributed by atoms with Gasteiger partial charge in [-0.05, 0) is 37.5 Å². The van der Waals surface area contributed by atoms with E-state index in [1.165, 1.54) is 18.4 Å². The van der Waals surface area contributed by atoms with Crippen molar-refractivity contribution in [3.8, 4) is 5.75 Å². The van der Waals surface area contributed by atoms with Crippen LogP contribution in [-0.4, -0.2) is 30.6 Å². The third-order valence-corrected chi connectivity index (χ3v) is 4.50. The molecule has 3 nitrogen and oxygen atoms in total. The summed E-state index contributed by atoms with van der Waals surface area (Å²) in [6.07, 6.45) is 3.72. The van der Waals surface area contributed by atoms with Crippen LogP contribution in [-0.2, 0) is 0 Å². The molecule has 2 unspecified atom stereocenters. The molecule has 3 rings (SSSR count). The normalized spacial score (nSPS) is 28.6. The highest BCUT2D eigenvalue weighted by atomic mass is 79.9. The van der Waals surface area contributed by atoms with Crippen molar-refractivity contribution in [2.75, 3.05) is 13.7 Å². The Bertz CT molecular complexity index is 447. The van der Waals surface area contributed by atoms with Crippen LogP contribution in [0.1, 0.15) is 30.9 Å². The Balaban J connectivity index is 1.98. The molecule has 2 aliphatic rings. The first kappa shape index (κ1) is 12.5. The Morgan fingerprint density at radius 2 is 2.11 bits per heavy atom. The second-order valence-electron chi connectivity index (χ2n) is 5.25. The van der Waals surface area contributed by atoms with Crippen molar-refractivity contribution in [3.05, 3.63) is 28.2 Å². The minimum Gasteiger partial charge on any atom is -0.496 e. The molecule has 0 radical (unpaired) electrons. The molecule has 1 aliphatic heterocycles. The first-order valence-electron chi connectivity index (χ1n) is 6.55. The van der Waals surface area contributed by atoms with Crippen LogP contribution in [0.4, 0.5) is 0 Å². The van der Waals surface area contributed by atoms with Gasteiger partial charge in [0, 0.05) is 28.7 Å². The molecule has 0 aromatic heterocycles. The van der Waals surface area contributed by atoms with Gasteiger partial charge in [0.1, 0.15) is 5.75 Å². The van der Waals surface area contributed by atoms with Crippen molar-refractivity contribution in [2.24, 2.45) is 5.73 Å². The number of nitrogens with zero attached hydrogens (tertiary/aromatic N) is 1. The number of ether oxygens (including phenoxy) is 1. The molecule has 1 saturated carbocycles. The number of likely N-dealkylation sites (tertiary alicyclic amines) is 1. The maximum atomic E-state index is 6.33. The molecule has 1 aliphatic carbocycles. The Labute approximate surface area is 116 Å². The molecule has 0 spiro atoms. The summed E-state index contributed by atoms with van der Waals surface area (Å²) in [6, 6.07) is 7.47. The van der Waals surface area contributed by atoms with Gasteiger partial charge in [-0.1, -0.05) is 15.9 Å². The Kier molecular flexibility index (Phi) is 3.34. The number of methoxy groups -OCH3 is 1. The second-order valence-corrected chi connectivity index (χ2v) is 6.17. The van der Waals surface area contributed by atoms with Crippen LogP contribution in [0.5, 0.6) is 5.75 Å². The van der Waals surface area contributed by atoms with E-state index in [1.807, 2.05) is 12.1 Å². The minimum absolute atomic E-state index is 0.216. The third-order valence-electron chi connectivity index (χ3n) is 4.01. The van der Waals surface area contributed by atoms with E-state index in [-0.39, 0.29) is 6.04 Å². The van der Waals surface area contributed by atoms with Crippen molar-refractivity contribution in [1.29, 1.82) is 0 Å². The van der Waals surface area contributed by atoms with Gasteiger partial charge in [-0.2, -0.15) is 0 Å². The molecular formula is C14H19BrN2O. The number of rotatable bonds is 3. The molecule has 0 amide bonds. The predicted molar refractivity (Wildman–Crippen MR) is 75.8 cm³/mol. The van der Waals surface area contributed by atoms with Crippen molar-refractivity contribution in [3.63, 3.8) is 0 Å². The van der Waals surface area contributed by atoms with Gasteiger partial charge in [0.05, 0.1) is 13.2 Å². The van der Waals surface area contributed by atoms with Crippen LogP contribution in [0.15, 0.2) is 22.7 Å². The Morgan fingerprint density at radius 3 is 2.78 bits per heavy atom. The summed E-state index contributed by atoms with van der Waals surface area (Å²) in [5.74, 6) is 0.950. The minimum atomic E-state index is 0.216. The lowest BCUT2D eigenvalue weighted by Gasteiger charge is -2.28. The van der Waals surface area contributed by atoms with Crippen molar-refractivity contribution in [2.45, 2.75) is 37.4 Å². The van der Waals surface area contributed by atoms with Gasteiger partial charge >= 0.3 is 0 Å². The zero-order valence-corrected chi connectivity index (χ0v) is 12.2. The molecule has 18 heavy (non-hydrogen) atoms. The zero-order valence-electron chi connectivity index (χ0n) is 10.6. The summed E-state index contributed by atoms with van der Waals surface area (Å²) in [5.41, 5.74) is 7.55. The first-order valence-corrected chi connectivity index (χ1v) is 7.35. The zero-order chi connectivity index (χ0) is 12.7. The van der Waals surface area contributed by atoms with E-state index in [2.05, 4.69) is 26.9 Å². The van der Waals surface area contributed by atoms with E-state index in [0.717, 1.165) is 29.2 Å². The van der Waals surface area contributed by atoms with Crippen molar-refractivity contribution >= 4 is 15.9 Å². The standard InChI is InChI=1S/C14H19BrN2O/c1-18-13-5-2-9(15)8-11(13)14-12(16)6-7-17(14)10-3-4-10/h2,5,8,10,12,14H,3-4,6-7,16H2,1H3. The molecule has 2 N–H and O–H groups in total. The SMILES string of the molecule is COc1ccc(Br)cc1C1C(N)CCN1C1CC1. The van der Waals surface area contributed by atoms with Gasteiger partial charge in [-0.25, -0.2) is 0 Å². The molecule has 1 saturated heterocycles. The summed E-state index contributed by atoms with van der Waals surface area (Å²) in [5, 5.41) is 0. The van der Waals surface area contributed by atoms with Gasteiger partial charge in [0.15, 0.2) is 0 Å². The maximum Gasteiger partial charge on any atom is 0.123 e. The lowest BCUT2D eigenvalue weighted by atomic mass is 9.99. The molecule has 1 heterocycles. The fourth-order valence-electron chi connectivity index (χ4n) is 3.00. The average molecular weight is 311 g/mol. The van der Waals surface area contributed by atoms with Gasteiger partial charge in [-0.3, -0.25) is 4.90 Å². The Morgan fingerprint density at radius 1 is 1.33 bits per heavy atom. The fourth-order valence-corrected chi connectivity index (χ4v) is 3.38. The molecule has 0 bridgehead atoms. The van der Waals surface area contributed by atoms with Gasteiger partial charge in [0.25, 0.3) is 0 Å². The van der Waals surface area contributed by atoms with Crippen LogP contribution in [0.3, 0.4) is 0 Å². The second kappa shape index (κ2) is 4.83. The van der Waals surface area contributed by atoms with Crippen LogP contribution in [0.25, 0.3) is 0 Å². The topological polar surface area (TPSA) is 38.5 Å². The summed E-state index contributed by atoms with van der Waals surface area (Å²) in [4.78, 5) is 2.56. The number of hydrogen-bond acceptors (Lipinski definition) is 3. The number of nitrogens with two attached hydrogens (primary N) is 1. The van der Waals surface area contributed by atoms with E-state index in [4.69, 9.17) is 10.5 Å². The highest BCUT2D eigenvalue weighted by molar-refractivity contribution is 9.10. The molecule has 1 aromatic carbocycles. The van der Waals surface area contributed by atoms with Crippen LogP contribution < -0.4 is 10.5 Å². The largest absolute Gasteiger partial charge is 0.496 e. The van der Waals surface area contributed by atoms with E-state index >= 15 is 0 Å². The quantitative estimate of drug-likeness (QED) is 0.933. The maximum absolute atomic E-state index is 6.33. The van der Waals surface area contributed by atoms with E-state index in [1.54, 1.807) is 7.11 Å². The average Bonchev–Trinajstić information content (AvgIpc) is 3.13. The lowest BCUT2D eigenvalue weighted by molar-refractivity contribution is 0.232. The summed E-state index contributed by atoms with van der Waals surface area (Å²) in [7, 11) is 1.73. The van der Waals surface area contributed by atoms with Crippen LogP contribution in [0, 0.1) is 0 Å². The summed E-state index contributed by atoms with van der Waals surface area (Å²) >= 11 is 3.55. The Hall–Kier alpha value is -0.580. The summed E-state index contributed by atoms with van der Waals surface area (Å²) in [6.45, 7) is 1.12. The smallest absolute Gasteiger partial charge is 0.123 e. The third kappa shape index (κ3) is 2.17.